The molecular formula is C45H56ClN7O7. The summed E-state index contributed by atoms with van der Waals surface area (Å²) in [5, 5.41) is 6.65. The molecule has 0 bridgehead atoms. The molecule has 320 valence electrons. The van der Waals surface area contributed by atoms with Crippen LogP contribution in [0, 0.1) is 0 Å². The molecule has 0 spiro atoms. The third kappa shape index (κ3) is 13.6. The van der Waals surface area contributed by atoms with E-state index in [4.69, 9.17) is 25.8 Å². The molecule has 0 radical (unpaired) electrons. The molecule has 0 aliphatic carbocycles. The number of hydrogen-bond donors (Lipinski definition) is 3. The van der Waals surface area contributed by atoms with Crippen LogP contribution < -0.4 is 16.3 Å². The molecule has 0 unspecified atom stereocenters. The lowest BCUT2D eigenvalue weighted by atomic mass is 10.1. The van der Waals surface area contributed by atoms with Gasteiger partial charge in [0.1, 0.15) is 28.6 Å². The molecule has 0 saturated heterocycles. The first kappa shape index (κ1) is 45.2. The van der Waals surface area contributed by atoms with Crippen LogP contribution in [0.1, 0.15) is 97.4 Å². The minimum absolute atomic E-state index is 0.0874. The van der Waals surface area contributed by atoms with Crippen LogP contribution in [0.2, 0.25) is 5.15 Å². The van der Waals surface area contributed by atoms with Gasteiger partial charge in [0.15, 0.2) is 0 Å². The van der Waals surface area contributed by atoms with Crippen LogP contribution in [0.3, 0.4) is 0 Å². The van der Waals surface area contributed by atoms with Crippen LogP contribution in [0.25, 0.3) is 28.1 Å². The lowest BCUT2D eigenvalue weighted by Crippen LogP contribution is -2.40. The molecule has 3 amide bonds. The van der Waals surface area contributed by atoms with E-state index in [9.17, 15) is 19.2 Å². The fourth-order valence-corrected chi connectivity index (χ4v) is 6.64. The number of benzene rings is 2. The van der Waals surface area contributed by atoms with Crippen molar-refractivity contribution >= 4 is 40.9 Å². The number of rotatable bonds is 15. The zero-order valence-corrected chi connectivity index (χ0v) is 36.4. The molecule has 0 aliphatic rings. The van der Waals surface area contributed by atoms with E-state index in [2.05, 4.69) is 25.6 Å². The zero-order chi connectivity index (χ0) is 43.6. The van der Waals surface area contributed by atoms with Crippen LogP contribution in [0.4, 0.5) is 14.4 Å². The molecule has 3 N–H and O–H groups in total. The zero-order valence-electron chi connectivity index (χ0n) is 35.6. The predicted molar refractivity (Wildman–Crippen MR) is 232 cm³/mol. The molecule has 0 fully saturated rings. The highest BCUT2D eigenvalue weighted by Crippen LogP contribution is 2.27. The van der Waals surface area contributed by atoms with Gasteiger partial charge in [0.05, 0.1) is 23.1 Å². The van der Waals surface area contributed by atoms with Gasteiger partial charge in [-0.05, 0) is 128 Å². The van der Waals surface area contributed by atoms with Crippen molar-refractivity contribution < 1.29 is 28.6 Å². The average Bonchev–Trinajstić information content (AvgIpc) is 3.58. The lowest BCUT2D eigenvalue weighted by molar-refractivity contribution is 0.0171. The Labute approximate surface area is 356 Å². The molecule has 0 saturated carbocycles. The molecule has 3 aromatic heterocycles. The first-order valence-electron chi connectivity index (χ1n) is 20.2. The SMILES string of the molecule is C[C@@H](CCCc1cc(Cl)nc(-c2cc3cn(-c4ccc([C@H](C)N(CCCNC(=O)OC(C)(C)C)C(=O)OC(C)(C)C)cc4)c(=O)nc3[nH]2)c1)NC(=O)OCc1ccccc1. The summed E-state index contributed by atoms with van der Waals surface area (Å²) in [7, 11) is 0. The number of nitrogens with zero attached hydrogens (tertiary/aromatic N) is 4. The van der Waals surface area contributed by atoms with Crippen molar-refractivity contribution in [1.29, 1.82) is 0 Å². The van der Waals surface area contributed by atoms with Gasteiger partial charge in [-0.25, -0.2) is 24.2 Å². The maximum Gasteiger partial charge on any atom is 0.410 e. The van der Waals surface area contributed by atoms with Crippen molar-refractivity contribution in [3.63, 3.8) is 0 Å². The number of alkyl carbamates (subject to hydrolysis) is 2. The van der Waals surface area contributed by atoms with E-state index < -0.39 is 35.2 Å². The molecule has 3 heterocycles. The van der Waals surface area contributed by atoms with Crippen molar-refractivity contribution in [3.8, 4) is 17.1 Å². The van der Waals surface area contributed by atoms with E-state index in [1.807, 2.05) is 95.3 Å². The number of pyridine rings is 1. The summed E-state index contributed by atoms with van der Waals surface area (Å²) in [5.74, 6) is 0. The van der Waals surface area contributed by atoms with E-state index in [1.165, 1.54) is 4.57 Å². The Bertz CT molecular complexity index is 2300. The minimum Gasteiger partial charge on any atom is -0.445 e. The fraction of sp³-hybridized carbons (Fsp3) is 0.422. The summed E-state index contributed by atoms with van der Waals surface area (Å²) < 4.78 is 17.9. The molecule has 5 rings (SSSR count). The maximum absolute atomic E-state index is 13.4. The van der Waals surface area contributed by atoms with Crippen molar-refractivity contribution in [3.05, 3.63) is 111 Å². The van der Waals surface area contributed by atoms with Crippen LogP contribution in [0.5, 0.6) is 0 Å². The second-order valence-electron chi connectivity index (χ2n) is 16.8. The number of fused-ring (bicyclic) bond motifs is 1. The average molecular weight is 842 g/mol. The van der Waals surface area contributed by atoms with Crippen LogP contribution in [0.15, 0.2) is 83.8 Å². The summed E-state index contributed by atoms with van der Waals surface area (Å²) in [6.45, 7) is 15.5. The van der Waals surface area contributed by atoms with Gasteiger partial charge in [0.2, 0.25) is 0 Å². The van der Waals surface area contributed by atoms with E-state index >= 15 is 0 Å². The van der Waals surface area contributed by atoms with Gasteiger partial charge in [-0.1, -0.05) is 54.1 Å². The summed E-state index contributed by atoms with van der Waals surface area (Å²) in [4.78, 5) is 64.8. The smallest absolute Gasteiger partial charge is 0.410 e. The number of amides is 3. The Morgan fingerprint density at radius 3 is 2.25 bits per heavy atom. The number of hydrogen-bond acceptors (Lipinski definition) is 9. The first-order valence-corrected chi connectivity index (χ1v) is 20.5. The highest BCUT2D eigenvalue weighted by molar-refractivity contribution is 6.29. The molecule has 0 aliphatic heterocycles. The number of H-pyrrole nitrogens is 1. The van der Waals surface area contributed by atoms with Gasteiger partial charge in [0, 0.05) is 30.7 Å². The Balaban J connectivity index is 1.23. The number of nitrogens with one attached hydrogen (secondary N) is 3. The summed E-state index contributed by atoms with van der Waals surface area (Å²) in [6.07, 6.45) is 2.97. The van der Waals surface area contributed by atoms with Crippen molar-refractivity contribution in [2.45, 2.75) is 111 Å². The monoisotopic (exact) mass is 841 g/mol. The molecular weight excluding hydrogens is 786 g/mol. The van der Waals surface area contributed by atoms with Gasteiger partial charge in [-0.2, -0.15) is 4.98 Å². The standard InChI is InChI=1S/C45H56ClN7O7/c1-29(48-42(56)58-28-31-15-10-9-11-16-31)14-12-17-32-24-36(49-38(46)25-32)37-26-34-27-53(40(54)51-39(34)50-37)35-20-18-33(19-21-35)30(2)52(43(57)60-45(6,7)8)23-13-22-47-41(55)59-44(3,4)5/h9-11,15-16,18-21,24-27,29-30H,12-14,17,22-23,28H2,1-8H3,(H,47,55)(H,48,56)(H,50,51,54)/t29-,30-/m0/s1. The maximum atomic E-state index is 13.4. The highest BCUT2D eigenvalue weighted by atomic mass is 35.5. The quantitative estimate of drug-likeness (QED) is 0.0528. The van der Waals surface area contributed by atoms with Crippen molar-refractivity contribution in [1.82, 2.24) is 35.1 Å². The number of aryl methyl sites for hydroxylation is 1. The number of ether oxygens (including phenoxy) is 3. The summed E-state index contributed by atoms with van der Waals surface area (Å²) >= 11 is 6.47. The molecule has 15 heteroatoms. The summed E-state index contributed by atoms with van der Waals surface area (Å²) in [6, 6.07) is 22.0. The van der Waals surface area contributed by atoms with Crippen molar-refractivity contribution in [2.24, 2.45) is 0 Å². The minimum atomic E-state index is -0.705. The van der Waals surface area contributed by atoms with E-state index in [-0.39, 0.29) is 18.7 Å². The van der Waals surface area contributed by atoms with Crippen molar-refractivity contribution in [2.75, 3.05) is 13.1 Å². The van der Waals surface area contributed by atoms with Gasteiger partial charge in [-0.3, -0.25) is 4.57 Å². The first-order chi connectivity index (χ1) is 28.3. The third-order valence-electron chi connectivity index (χ3n) is 9.31. The molecule has 2 atom stereocenters. The Morgan fingerprint density at radius 2 is 1.57 bits per heavy atom. The number of aromatic amines is 1. The topological polar surface area (TPSA) is 170 Å². The number of aromatic nitrogens is 4. The van der Waals surface area contributed by atoms with E-state index in [0.29, 0.717) is 59.2 Å². The Hall–Kier alpha value is -5.89. The third-order valence-corrected chi connectivity index (χ3v) is 9.50. The van der Waals surface area contributed by atoms with Gasteiger partial charge < -0.3 is 34.7 Å². The van der Waals surface area contributed by atoms with Crippen LogP contribution >= 0.6 is 11.6 Å². The van der Waals surface area contributed by atoms with Crippen LogP contribution in [-0.4, -0.2) is 73.0 Å². The second-order valence-corrected chi connectivity index (χ2v) is 17.2. The summed E-state index contributed by atoms with van der Waals surface area (Å²) in [5.41, 5.74) is 3.20. The number of halogens is 1. The highest BCUT2D eigenvalue weighted by Gasteiger charge is 2.27. The van der Waals surface area contributed by atoms with Gasteiger partial charge in [0.25, 0.3) is 0 Å². The van der Waals surface area contributed by atoms with Crippen LogP contribution in [-0.2, 0) is 27.2 Å². The molecule has 2 aromatic carbocycles. The molecule has 60 heavy (non-hydrogen) atoms. The molecule has 14 nitrogen and oxygen atoms in total. The number of carbonyl (C=O) groups is 3. The fourth-order valence-electron chi connectivity index (χ4n) is 6.41. The predicted octanol–water partition coefficient (Wildman–Crippen LogP) is 9.28. The molecule has 5 aromatic rings. The van der Waals surface area contributed by atoms with E-state index in [0.717, 1.165) is 29.5 Å². The lowest BCUT2D eigenvalue weighted by Gasteiger charge is -2.32. The Morgan fingerprint density at radius 1 is 0.867 bits per heavy atom. The van der Waals surface area contributed by atoms with Gasteiger partial charge >= 0.3 is 24.0 Å². The largest absolute Gasteiger partial charge is 0.445 e. The second kappa shape index (κ2) is 19.9. The van der Waals surface area contributed by atoms with Gasteiger partial charge in [-0.15, -0.1) is 0 Å². The number of carbonyl (C=O) groups excluding carboxylic acids is 3. The normalized spacial score (nSPS) is 12.7. The van der Waals surface area contributed by atoms with E-state index in [1.54, 1.807) is 44.0 Å². The Kier molecular flexibility index (Phi) is 15.0.